The highest BCUT2D eigenvalue weighted by atomic mass is 32.2. The molecule has 3 aromatic rings. The van der Waals surface area contributed by atoms with Crippen LogP contribution in [-0.2, 0) is 6.54 Å². The molecular weight excluding hydrogens is 398 g/mol. The van der Waals surface area contributed by atoms with Crippen LogP contribution >= 0.6 is 23.3 Å². The highest BCUT2D eigenvalue weighted by Gasteiger charge is 2.23. The van der Waals surface area contributed by atoms with Crippen LogP contribution in [0.25, 0.3) is 0 Å². The predicted molar refractivity (Wildman–Crippen MR) is 117 cm³/mol. The molecule has 9 heteroatoms. The molecule has 2 aromatic heterocycles. The Labute approximate surface area is 172 Å². The molecule has 0 unspecified atom stereocenters. The normalized spacial score (nSPS) is 10.8. The molecule has 0 aliphatic carbocycles. The van der Waals surface area contributed by atoms with Crippen LogP contribution in [0.3, 0.4) is 0 Å². The molecule has 0 spiro atoms. The van der Waals surface area contributed by atoms with Gasteiger partial charge in [0.25, 0.3) is 10.9 Å². The first-order valence-electron chi connectivity index (χ1n) is 8.98. The molecular formula is C19H25N3O4S2. The number of aryl methyl sites for hydroxylation is 1. The molecule has 7 nitrogen and oxygen atoms in total. The minimum absolute atomic E-state index is 0.0703. The molecule has 0 bridgehead atoms. The zero-order valence-corrected chi connectivity index (χ0v) is 18.2. The first kappa shape index (κ1) is 22.1. The highest BCUT2D eigenvalue weighted by molar-refractivity contribution is 7.99. The molecule has 3 N–H and O–H groups in total. The number of furan rings is 1. The molecule has 152 valence electrons. The number of nitrogens with zero attached hydrogens (tertiary/aromatic N) is 1. The van der Waals surface area contributed by atoms with Crippen LogP contribution in [0.1, 0.15) is 32.1 Å². The zero-order chi connectivity index (χ0) is 20.8. The van der Waals surface area contributed by atoms with Crippen LogP contribution in [0.2, 0.25) is 0 Å². The van der Waals surface area contributed by atoms with E-state index in [4.69, 9.17) is 4.42 Å². The Morgan fingerprint density at radius 1 is 1.25 bits per heavy atom. The van der Waals surface area contributed by atoms with Gasteiger partial charge in [0.1, 0.15) is 21.3 Å². The number of thiophene rings is 1. The van der Waals surface area contributed by atoms with Crippen molar-refractivity contribution in [3.8, 4) is 5.75 Å². The van der Waals surface area contributed by atoms with Crippen molar-refractivity contribution >= 4 is 40.3 Å². The Balaban J connectivity index is 0.00000136. The maximum atomic E-state index is 11.9. The third kappa shape index (κ3) is 4.78. The van der Waals surface area contributed by atoms with E-state index in [2.05, 4.69) is 10.6 Å². The molecule has 0 amide bonds. The van der Waals surface area contributed by atoms with Crippen molar-refractivity contribution in [2.45, 2.75) is 38.4 Å². The molecule has 0 aliphatic rings. The van der Waals surface area contributed by atoms with Crippen LogP contribution in [0.4, 0.5) is 17.1 Å². The van der Waals surface area contributed by atoms with Gasteiger partial charge in [-0.25, -0.2) is 4.31 Å². The second-order valence-corrected chi connectivity index (χ2v) is 8.15. The highest BCUT2D eigenvalue weighted by Crippen LogP contribution is 2.43. The summed E-state index contributed by atoms with van der Waals surface area (Å²) in [7, 11) is 1.92. The smallest absolute Gasteiger partial charge is 0.253 e. The SMILES string of the molecule is CC.CCN(C)Sc1scc(Nc2c(NCc3cc(C)co3)c(=O)c2=O)c1O. The molecule has 3 rings (SSSR count). The average Bonchev–Trinajstić information content (AvgIpc) is 3.28. The van der Waals surface area contributed by atoms with Gasteiger partial charge < -0.3 is 20.2 Å². The Hall–Kier alpha value is -2.23. The van der Waals surface area contributed by atoms with Crippen LogP contribution in [0.5, 0.6) is 5.75 Å². The van der Waals surface area contributed by atoms with Gasteiger partial charge in [-0.1, -0.05) is 20.8 Å². The summed E-state index contributed by atoms with van der Waals surface area (Å²) in [5.74, 6) is 0.738. The standard InChI is InChI=1S/C17H19N3O4S2.C2H6/c1-4-20(3)26-17-14(21)11(8-25-17)19-13-12(15(22)16(13)23)18-6-10-5-9(2)7-24-10;1-2/h5,7-8,18-19,21H,4,6H2,1-3H3;1-2H3. The van der Waals surface area contributed by atoms with E-state index in [1.165, 1.54) is 23.3 Å². The van der Waals surface area contributed by atoms with E-state index in [0.29, 0.717) is 18.0 Å². The zero-order valence-electron chi connectivity index (χ0n) is 16.6. The Kier molecular flexibility index (Phi) is 7.73. The van der Waals surface area contributed by atoms with Gasteiger partial charge in [-0.3, -0.25) is 9.59 Å². The van der Waals surface area contributed by atoms with Gasteiger partial charge in [0.15, 0.2) is 5.75 Å². The van der Waals surface area contributed by atoms with E-state index in [1.807, 2.05) is 45.1 Å². The quantitative estimate of drug-likeness (QED) is 0.365. The van der Waals surface area contributed by atoms with Crippen molar-refractivity contribution in [2.24, 2.45) is 0 Å². The van der Waals surface area contributed by atoms with Crippen molar-refractivity contribution in [3.63, 3.8) is 0 Å². The van der Waals surface area contributed by atoms with Crippen LogP contribution in [-0.4, -0.2) is 23.0 Å². The minimum Gasteiger partial charge on any atom is -0.504 e. The largest absolute Gasteiger partial charge is 0.504 e. The van der Waals surface area contributed by atoms with Crippen LogP contribution in [0, 0.1) is 6.92 Å². The second kappa shape index (κ2) is 9.81. The number of hydrogen-bond acceptors (Lipinski definition) is 9. The molecule has 0 atom stereocenters. The fraction of sp³-hybridized carbons (Fsp3) is 0.368. The number of aromatic hydroxyl groups is 1. The van der Waals surface area contributed by atoms with Gasteiger partial charge in [0.05, 0.1) is 18.5 Å². The summed E-state index contributed by atoms with van der Waals surface area (Å²) in [4.78, 5) is 23.8. The molecule has 28 heavy (non-hydrogen) atoms. The monoisotopic (exact) mass is 423 g/mol. The van der Waals surface area contributed by atoms with E-state index in [9.17, 15) is 14.7 Å². The number of hydrogen-bond donors (Lipinski definition) is 3. The van der Waals surface area contributed by atoms with E-state index < -0.39 is 10.9 Å². The van der Waals surface area contributed by atoms with Crippen LogP contribution in [0.15, 0.2) is 35.9 Å². The number of anilines is 3. The van der Waals surface area contributed by atoms with Crippen molar-refractivity contribution in [2.75, 3.05) is 24.2 Å². The molecule has 0 fully saturated rings. The lowest BCUT2D eigenvalue weighted by molar-refractivity contribution is 0.468. The summed E-state index contributed by atoms with van der Waals surface area (Å²) in [5.41, 5.74) is 0.571. The molecule has 0 radical (unpaired) electrons. The number of nitrogens with one attached hydrogen (secondary N) is 2. The molecule has 0 saturated heterocycles. The first-order chi connectivity index (χ1) is 13.4. The van der Waals surface area contributed by atoms with Crippen LogP contribution < -0.4 is 21.5 Å². The van der Waals surface area contributed by atoms with Gasteiger partial charge in [0.2, 0.25) is 0 Å². The molecule has 0 saturated carbocycles. The summed E-state index contributed by atoms with van der Waals surface area (Å²) in [5, 5.41) is 17.9. The Morgan fingerprint density at radius 3 is 2.54 bits per heavy atom. The predicted octanol–water partition coefficient (Wildman–Crippen LogP) is 4.29. The fourth-order valence-corrected chi connectivity index (χ4v) is 4.19. The van der Waals surface area contributed by atoms with E-state index >= 15 is 0 Å². The molecule has 2 heterocycles. The van der Waals surface area contributed by atoms with E-state index in [-0.39, 0.29) is 17.1 Å². The lowest BCUT2D eigenvalue weighted by atomic mass is 10.2. The molecule has 0 aliphatic heterocycles. The van der Waals surface area contributed by atoms with Crippen molar-refractivity contribution in [1.82, 2.24) is 4.31 Å². The van der Waals surface area contributed by atoms with Gasteiger partial charge in [-0.05, 0) is 37.5 Å². The van der Waals surface area contributed by atoms with Gasteiger partial charge in [-0.15, -0.1) is 11.3 Å². The van der Waals surface area contributed by atoms with Gasteiger partial charge in [-0.2, -0.15) is 0 Å². The van der Waals surface area contributed by atoms with E-state index in [1.54, 1.807) is 11.6 Å². The van der Waals surface area contributed by atoms with Gasteiger partial charge >= 0.3 is 0 Å². The summed E-state index contributed by atoms with van der Waals surface area (Å²) >= 11 is 2.79. The lowest BCUT2D eigenvalue weighted by Crippen LogP contribution is -2.36. The summed E-state index contributed by atoms with van der Waals surface area (Å²) < 4.78 is 8.02. The maximum absolute atomic E-state index is 11.9. The Bertz CT molecular complexity index is 986. The summed E-state index contributed by atoms with van der Waals surface area (Å²) in [6, 6.07) is 1.85. The third-order valence-corrected chi connectivity index (χ3v) is 6.01. The van der Waals surface area contributed by atoms with Crippen molar-refractivity contribution in [3.05, 3.63) is 49.5 Å². The van der Waals surface area contributed by atoms with Crippen molar-refractivity contribution < 1.29 is 9.52 Å². The third-order valence-electron chi connectivity index (χ3n) is 3.81. The minimum atomic E-state index is -0.603. The Morgan fingerprint density at radius 2 is 1.93 bits per heavy atom. The second-order valence-electron chi connectivity index (χ2n) is 5.80. The molecule has 1 aromatic carbocycles. The topological polar surface area (TPSA) is 94.8 Å². The average molecular weight is 424 g/mol. The van der Waals surface area contributed by atoms with E-state index in [0.717, 1.165) is 16.3 Å². The number of rotatable bonds is 8. The first-order valence-corrected chi connectivity index (χ1v) is 10.6. The lowest BCUT2D eigenvalue weighted by Gasteiger charge is -2.14. The van der Waals surface area contributed by atoms with Gasteiger partial charge in [0, 0.05) is 11.9 Å². The maximum Gasteiger partial charge on any atom is 0.253 e. The summed E-state index contributed by atoms with van der Waals surface area (Å²) in [6.07, 6.45) is 1.62. The summed E-state index contributed by atoms with van der Waals surface area (Å²) in [6.45, 7) is 9.04. The fourth-order valence-electron chi connectivity index (χ4n) is 2.27. The van der Waals surface area contributed by atoms with Crippen molar-refractivity contribution in [1.29, 1.82) is 0 Å².